The summed E-state index contributed by atoms with van der Waals surface area (Å²) in [4.78, 5) is 18.8. The third kappa shape index (κ3) is 7.56. The fraction of sp³-hybridized carbons (Fsp3) is 0.208. The molecule has 1 aliphatic rings. The van der Waals surface area contributed by atoms with Crippen molar-refractivity contribution in [2.45, 2.75) is 33.8 Å². The molecule has 1 heterocycles. The average Bonchev–Trinajstić information content (AvgIpc) is 3.56. The van der Waals surface area contributed by atoms with Crippen LogP contribution < -0.4 is 5.32 Å². The molecule has 8 nitrogen and oxygen atoms in total. The number of carbonyl (C=O) groups excluding carboxylic acids is 1. The number of benzene rings is 2. The van der Waals surface area contributed by atoms with E-state index >= 15 is 0 Å². The van der Waals surface area contributed by atoms with E-state index in [4.69, 9.17) is 5.26 Å². The number of nitrogens with one attached hydrogen (secondary N) is 1. The van der Waals surface area contributed by atoms with Gasteiger partial charge in [0.05, 0.1) is 6.42 Å². The van der Waals surface area contributed by atoms with E-state index < -0.39 is 0 Å². The van der Waals surface area contributed by atoms with E-state index in [9.17, 15) is 4.79 Å². The third-order valence-electron chi connectivity index (χ3n) is 5.09. The molecule has 0 atom stereocenters. The van der Waals surface area contributed by atoms with Crippen molar-refractivity contribution in [1.29, 1.82) is 5.26 Å². The molecule has 0 spiro atoms. The molecule has 1 aliphatic carbocycles. The first-order valence-corrected chi connectivity index (χ1v) is 11.7. The summed E-state index contributed by atoms with van der Waals surface area (Å²) in [5.74, 6) is -0.0150. The summed E-state index contributed by atoms with van der Waals surface area (Å²) in [6, 6.07) is 22.0. The number of thioether (sulfide) groups is 2. The summed E-state index contributed by atoms with van der Waals surface area (Å²) in [5, 5.41) is 11.9. The van der Waals surface area contributed by atoms with Gasteiger partial charge in [0.15, 0.2) is 0 Å². The molecule has 34 heavy (non-hydrogen) atoms. The molecule has 0 radical (unpaired) electrons. The predicted molar refractivity (Wildman–Crippen MR) is 139 cm³/mol. The largest absolute Gasteiger partial charge is 0.412 e. The summed E-state index contributed by atoms with van der Waals surface area (Å²) in [7, 11) is 0. The van der Waals surface area contributed by atoms with Crippen LogP contribution in [0.1, 0.15) is 31.1 Å². The molecule has 1 aromatic heterocycles. The lowest BCUT2D eigenvalue weighted by Crippen LogP contribution is -2.14. The number of nitrogens with zero attached hydrogens (tertiary/aromatic N) is 2. The summed E-state index contributed by atoms with van der Waals surface area (Å²) < 4.78 is 0.0669. The molecule has 0 saturated heterocycles. The lowest BCUT2D eigenvalue weighted by molar-refractivity contribution is -0.115. The van der Waals surface area contributed by atoms with Crippen LogP contribution in [-0.2, 0) is 16.0 Å². The number of aromatic nitrogens is 1. The van der Waals surface area contributed by atoms with Crippen LogP contribution in [0.25, 0.3) is 0 Å². The van der Waals surface area contributed by atoms with Gasteiger partial charge in [0.25, 0.3) is 0 Å². The Morgan fingerprint density at radius 2 is 1.62 bits per heavy atom. The first-order chi connectivity index (χ1) is 14.6. The van der Waals surface area contributed by atoms with E-state index in [1.165, 1.54) is 10.5 Å². The summed E-state index contributed by atoms with van der Waals surface area (Å²) in [6.07, 6.45) is 6.38. The molecular weight excluding hydrogens is 474 g/mol. The highest BCUT2D eigenvalue weighted by molar-refractivity contribution is 8.00. The molecule has 3 aromatic rings. The van der Waals surface area contributed by atoms with Gasteiger partial charge in [-0.15, -0.1) is 23.5 Å². The number of carbonyl (C=O) groups is 1. The third-order valence-corrected chi connectivity index (χ3v) is 7.34. The molecule has 0 aliphatic heterocycles. The highest BCUT2D eigenvalue weighted by Gasteiger charge is 2.45. The topological polar surface area (TPSA) is 192 Å². The zero-order chi connectivity index (χ0) is 21.0. The minimum absolute atomic E-state index is 0. The van der Waals surface area contributed by atoms with Crippen LogP contribution in [0.2, 0.25) is 0 Å². The molecule has 1 saturated carbocycles. The SMILES string of the molecule is CSc1ccc(CC(=O)Nc2ccc(C3(Sc4ccc(C#N)nc4)CC3)cc2)cc1.O.O.O.O.[HH]. The molecular formula is C24H31N3O5S2. The smallest absolute Gasteiger partial charge is 0.228 e. The van der Waals surface area contributed by atoms with E-state index in [1.54, 1.807) is 35.8 Å². The van der Waals surface area contributed by atoms with Crippen molar-refractivity contribution in [3.05, 3.63) is 83.7 Å². The second-order valence-corrected chi connectivity index (χ2v) is 9.57. The van der Waals surface area contributed by atoms with Crippen molar-refractivity contribution in [3.8, 4) is 6.07 Å². The highest BCUT2D eigenvalue weighted by atomic mass is 32.2. The average molecular weight is 506 g/mol. The number of pyridine rings is 1. The van der Waals surface area contributed by atoms with Gasteiger partial charge in [-0.05, 0) is 66.6 Å². The van der Waals surface area contributed by atoms with E-state index in [2.05, 4.69) is 28.5 Å². The molecule has 0 bridgehead atoms. The fourth-order valence-electron chi connectivity index (χ4n) is 3.29. The first kappa shape index (κ1) is 31.1. The van der Waals surface area contributed by atoms with Crippen LogP contribution in [0.3, 0.4) is 0 Å². The monoisotopic (exact) mass is 505 g/mol. The lowest BCUT2D eigenvalue weighted by Gasteiger charge is -2.16. The molecule has 2 aromatic carbocycles. The Morgan fingerprint density at radius 3 is 2.12 bits per heavy atom. The van der Waals surface area contributed by atoms with Crippen LogP contribution in [0.15, 0.2) is 76.7 Å². The molecule has 4 rings (SSSR count). The zero-order valence-corrected chi connectivity index (χ0v) is 20.2. The quantitative estimate of drug-likeness (QED) is 0.481. The van der Waals surface area contributed by atoms with Gasteiger partial charge in [-0.1, -0.05) is 24.3 Å². The molecule has 9 N–H and O–H groups in total. The highest BCUT2D eigenvalue weighted by Crippen LogP contribution is 2.59. The van der Waals surface area contributed by atoms with Gasteiger partial charge in [0.2, 0.25) is 5.91 Å². The predicted octanol–water partition coefficient (Wildman–Crippen LogP) is 2.58. The standard InChI is InChI=1S/C24H21N3OS2.4H2O.H2/c1-29-21-9-2-17(3-10-21)14-23(28)27-19-6-4-18(5-7-19)24(12-13-24)30-22-11-8-20(15-25)26-16-22;;;;;/h2-11,16H,12-14H2,1H3,(H,27,28);4*1H2;1H. The maximum atomic E-state index is 12.4. The number of rotatable bonds is 7. The van der Waals surface area contributed by atoms with E-state index in [0.29, 0.717) is 12.1 Å². The van der Waals surface area contributed by atoms with Crippen LogP contribution >= 0.6 is 23.5 Å². The van der Waals surface area contributed by atoms with Crippen molar-refractivity contribution < 1.29 is 28.1 Å². The van der Waals surface area contributed by atoms with Crippen molar-refractivity contribution >= 4 is 35.1 Å². The Morgan fingerprint density at radius 1 is 1.00 bits per heavy atom. The number of hydrogen-bond donors (Lipinski definition) is 1. The van der Waals surface area contributed by atoms with Gasteiger partial charge in [0.1, 0.15) is 11.8 Å². The molecule has 184 valence electrons. The Hall–Kier alpha value is -2.91. The van der Waals surface area contributed by atoms with Gasteiger partial charge in [-0.2, -0.15) is 5.26 Å². The van der Waals surface area contributed by atoms with Gasteiger partial charge in [0, 0.05) is 27.8 Å². The lowest BCUT2D eigenvalue weighted by atomic mass is 10.1. The Bertz CT molecular complexity index is 1090. The molecule has 1 amide bonds. The summed E-state index contributed by atoms with van der Waals surface area (Å²) in [5.41, 5.74) is 3.50. The van der Waals surface area contributed by atoms with Gasteiger partial charge < -0.3 is 27.2 Å². The van der Waals surface area contributed by atoms with Gasteiger partial charge >= 0.3 is 0 Å². The van der Waals surface area contributed by atoms with Crippen molar-refractivity contribution in [2.24, 2.45) is 0 Å². The summed E-state index contributed by atoms with van der Waals surface area (Å²) in [6.45, 7) is 0. The van der Waals surface area contributed by atoms with Crippen molar-refractivity contribution in [2.75, 3.05) is 11.6 Å². The summed E-state index contributed by atoms with van der Waals surface area (Å²) >= 11 is 3.48. The number of amides is 1. The minimum atomic E-state index is -0.0150. The molecule has 10 heteroatoms. The number of hydrogen-bond acceptors (Lipinski definition) is 5. The molecule has 1 fully saturated rings. The second-order valence-electron chi connectivity index (χ2n) is 7.24. The molecule has 0 unspecified atom stereocenters. The van der Waals surface area contributed by atoms with Crippen molar-refractivity contribution in [3.63, 3.8) is 0 Å². The number of anilines is 1. The maximum Gasteiger partial charge on any atom is 0.228 e. The van der Waals surface area contributed by atoms with Crippen LogP contribution in [0, 0.1) is 11.3 Å². The minimum Gasteiger partial charge on any atom is -0.412 e. The normalized spacial score (nSPS) is 12.4. The Labute approximate surface area is 208 Å². The van der Waals surface area contributed by atoms with E-state index in [-0.39, 0.29) is 34.0 Å². The first-order valence-electron chi connectivity index (χ1n) is 9.69. The van der Waals surface area contributed by atoms with Crippen LogP contribution in [0.4, 0.5) is 5.69 Å². The van der Waals surface area contributed by atoms with E-state index in [1.807, 2.05) is 48.7 Å². The van der Waals surface area contributed by atoms with E-state index in [0.717, 1.165) is 29.0 Å². The fourth-order valence-corrected chi connectivity index (χ4v) is 4.95. The van der Waals surface area contributed by atoms with Gasteiger partial charge in [-0.3, -0.25) is 4.79 Å². The Balaban J connectivity index is 0. The Kier molecular flexibility index (Phi) is 12.5. The number of nitriles is 1. The zero-order valence-electron chi connectivity index (χ0n) is 18.6. The second kappa shape index (κ2) is 13.7. The van der Waals surface area contributed by atoms with Gasteiger partial charge in [-0.25, -0.2) is 4.98 Å². The van der Waals surface area contributed by atoms with Crippen LogP contribution in [0.5, 0.6) is 0 Å². The maximum absolute atomic E-state index is 12.4. The van der Waals surface area contributed by atoms with Crippen LogP contribution in [-0.4, -0.2) is 39.1 Å². The van der Waals surface area contributed by atoms with Crippen molar-refractivity contribution in [1.82, 2.24) is 4.98 Å².